The van der Waals surface area contributed by atoms with Crippen molar-refractivity contribution < 1.29 is 71.8 Å². The maximum Gasteiger partial charge on any atom is 0.303 e. The fourth-order valence-corrected chi connectivity index (χ4v) is 4.40. The van der Waals surface area contributed by atoms with Crippen LogP contribution in [0.1, 0.15) is 48.5 Å². The van der Waals surface area contributed by atoms with Gasteiger partial charge >= 0.3 is 29.8 Å². The van der Waals surface area contributed by atoms with E-state index in [0.29, 0.717) is 0 Å². The number of aliphatic hydroxyl groups is 1. The van der Waals surface area contributed by atoms with Gasteiger partial charge in [-0.15, -0.1) is 0 Å². The maximum absolute atomic E-state index is 11.9. The number of ether oxygens (including phenoxy) is 8. The number of carbonyl (C=O) groups excluding carboxylic acids is 6. The molecule has 0 spiro atoms. The molecule has 0 bridgehead atoms. The highest BCUT2D eigenvalue weighted by Gasteiger charge is 2.53. The van der Waals surface area contributed by atoms with E-state index in [1.807, 2.05) is 0 Å². The van der Waals surface area contributed by atoms with E-state index in [4.69, 9.17) is 37.9 Å². The van der Waals surface area contributed by atoms with Crippen molar-refractivity contribution in [3.8, 4) is 0 Å². The smallest absolute Gasteiger partial charge is 0.303 e. The van der Waals surface area contributed by atoms with Gasteiger partial charge < -0.3 is 48.3 Å². The molecule has 16 heteroatoms. The standard InChI is InChI=1S/C24H35NO15/c1-9-18(35-11(3)27)21(38-14(6)30)22(39-15(7)31)24(34-9)33-8-16-19(36-12(4)28)20(37-13(5)29)17(23(32)40-16)25-10(2)26/h9,16-24,32H,8H2,1-7H3,(H,25,26)/t9-,16+,17+,18+,19+,20+,21+,22-,23+,24+/m0/s1. The first kappa shape index (κ1) is 32.9. The van der Waals surface area contributed by atoms with Crippen LogP contribution in [-0.4, -0.2) is 109 Å². The second kappa shape index (κ2) is 14.3. The van der Waals surface area contributed by atoms with Crippen molar-refractivity contribution in [1.29, 1.82) is 0 Å². The van der Waals surface area contributed by atoms with Crippen molar-refractivity contribution in [3.63, 3.8) is 0 Å². The van der Waals surface area contributed by atoms with Crippen molar-refractivity contribution >= 4 is 35.8 Å². The molecule has 0 radical (unpaired) electrons. The van der Waals surface area contributed by atoms with E-state index >= 15 is 0 Å². The molecule has 40 heavy (non-hydrogen) atoms. The number of esters is 5. The molecule has 2 rings (SSSR count). The average Bonchev–Trinajstić information content (AvgIpc) is 2.79. The highest BCUT2D eigenvalue weighted by Crippen LogP contribution is 2.31. The Morgan fingerprint density at radius 1 is 0.650 bits per heavy atom. The van der Waals surface area contributed by atoms with Gasteiger partial charge in [0.25, 0.3) is 0 Å². The lowest BCUT2D eigenvalue weighted by atomic mass is 9.96. The summed E-state index contributed by atoms with van der Waals surface area (Å²) in [7, 11) is 0. The second-order valence-corrected chi connectivity index (χ2v) is 9.20. The van der Waals surface area contributed by atoms with E-state index < -0.39 is 104 Å². The van der Waals surface area contributed by atoms with E-state index in [0.717, 1.165) is 41.5 Å². The summed E-state index contributed by atoms with van der Waals surface area (Å²) < 4.78 is 43.7. The normalized spacial score (nSPS) is 33.6. The number of hydrogen-bond acceptors (Lipinski definition) is 15. The highest BCUT2D eigenvalue weighted by molar-refractivity contribution is 5.73. The second-order valence-electron chi connectivity index (χ2n) is 9.20. The van der Waals surface area contributed by atoms with Crippen LogP contribution >= 0.6 is 0 Å². The molecule has 0 aromatic heterocycles. The van der Waals surface area contributed by atoms with Crippen molar-refractivity contribution in [2.45, 2.75) is 110 Å². The SMILES string of the molecule is CC(=O)N[C@@H]1[C@@H](OC(C)=O)[C@H](OC(C)=O)[C@@H](CO[C@@H]2O[C@@H](C)[C@@H](OC(C)=O)[C@@H](OC(C)=O)[C@@H]2OC(C)=O)O[C@H]1O. The van der Waals surface area contributed by atoms with Crippen LogP contribution in [0.5, 0.6) is 0 Å². The van der Waals surface area contributed by atoms with Gasteiger partial charge in [-0.25, -0.2) is 0 Å². The maximum atomic E-state index is 11.9. The topological polar surface area (TPSA) is 209 Å². The van der Waals surface area contributed by atoms with Crippen LogP contribution < -0.4 is 5.32 Å². The Kier molecular flexibility index (Phi) is 11.8. The summed E-state index contributed by atoms with van der Waals surface area (Å²) in [5, 5.41) is 13.0. The van der Waals surface area contributed by atoms with E-state index in [9.17, 15) is 33.9 Å². The third-order valence-corrected chi connectivity index (χ3v) is 5.70. The van der Waals surface area contributed by atoms with Gasteiger partial charge in [-0.3, -0.25) is 28.8 Å². The van der Waals surface area contributed by atoms with E-state index in [-0.39, 0.29) is 0 Å². The van der Waals surface area contributed by atoms with Crippen molar-refractivity contribution in [1.82, 2.24) is 5.32 Å². The summed E-state index contributed by atoms with van der Waals surface area (Å²) in [6, 6.07) is -1.31. The zero-order chi connectivity index (χ0) is 30.3. The van der Waals surface area contributed by atoms with Crippen LogP contribution in [0.2, 0.25) is 0 Å². The van der Waals surface area contributed by atoms with Crippen LogP contribution in [-0.2, 0) is 66.7 Å². The molecule has 0 unspecified atom stereocenters. The molecule has 0 aromatic rings. The first-order valence-electron chi connectivity index (χ1n) is 12.3. The molecule has 0 aromatic carbocycles. The van der Waals surface area contributed by atoms with E-state index in [1.165, 1.54) is 6.92 Å². The van der Waals surface area contributed by atoms with Gasteiger partial charge in [-0.2, -0.15) is 0 Å². The van der Waals surface area contributed by atoms with E-state index in [2.05, 4.69) is 5.32 Å². The number of amides is 1. The van der Waals surface area contributed by atoms with Gasteiger partial charge in [0.1, 0.15) is 12.1 Å². The Balaban J connectivity index is 2.38. The van der Waals surface area contributed by atoms with Crippen LogP contribution in [0.25, 0.3) is 0 Å². The van der Waals surface area contributed by atoms with Crippen LogP contribution in [0.4, 0.5) is 0 Å². The predicted octanol–water partition coefficient (Wildman–Crippen LogP) is -1.37. The molecule has 2 aliphatic rings. The fourth-order valence-electron chi connectivity index (χ4n) is 4.40. The molecular weight excluding hydrogens is 542 g/mol. The van der Waals surface area contributed by atoms with Crippen molar-refractivity contribution in [3.05, 3.63) is 0 Å². The Bertz CT molecular complexity index is 894. The fraction of sp³-hybridized carbons (Fsp3) is 0.750. The summed E-state index contributed by atoms with van der Waals surface area (Å²) in [5.74, 6) is -4.47. The lowest BCUT2D eigenvalue weighted by molar-refractivity contribution is -0.317. The first-order chi connectivity index (χ1) is 18.6. The predicted molar refractivity (Wildman–Crippen MR) is 127 cm³/mol. The molecule has 2 N–H and O–H groups in total. The number of nitrogens with one attached hydrogen (secondary N) is 1. The Hall–Kier alpha value is -3.34. The minimum absolute atomic E-state index is 0.514. The lowest BCUT2D eigenvalue weighted by Crippen LogP contribution is -2.66. The Labute approximate surface area is 229 Å². The monoisotopic (exact) mass is 577 g/mol. The summed E-state index contributed by atoms with van der Waals surface area (Å²) in [6.45, 7) is 7.64. The molecule has 226 valence electrons. The largest absolute Gasteiger partial charge is 0.456 e. The number of carbonyl (C=O) groups is 6. The molecule has 0 aliphatic carbocycles. The van der Waals surface area contributed by atoms with Gasteiger partial charge in [0, 0.05) is 41.5 Å². The third kappa shape index (κ3) is 9.11. The summed E-state index contributed by atoms with van der Waals surface area (Å²) in [5.41, 5.74) is 0. The van der Waals surface area contributed by atoms with Crippen LogP contribution in [0, 0.1) is 0 Å². The summed E-state index contributed by atoms with van der Waals surface area (Å²) in [4.78, 5) is 70.9. The summed E-state index contributed by atoms with van der Waals surface area (Å²) in [6.07, 6.45) is -12.1. The molecule has 2 heterocycles. The lowest BCUT2D eigenvalue weighted by Gasteiger charge is -2.45. The highest BCUT2D eigenvalue weighted by atomic mass is 16.7. The van der Waals surface area contributed by atoms with Gasteiger partial charge in [0.15, 0.2) is 43.1 Å². The number of aliphatic hydroxyl groups excluding tert-OH is 1. The Morgan fingerprint density at radius 3 is 1.60 bits per heavy atom. The molecule has 2 saturated heterocycles. The molecule has 0 saturated carbocycles. The minimum Gasteiger partial charge on any atom is -0.456 e. The zero-order valence-electron chi connectivity index (χ0n) is 23.1. The first-order valence-corrected chi connectivity index (χ1v) is 12.3. The van der Waals surface area contributed by atoms with Gasteiger partial charge in [0.2, 0.25) is 5.91 Å². The molecule has 10 atom stereocenters. The van der Waals surface area contributed by atoms with Gasteiger partial charge in [0.05, 0.1) is 12.7 Å². The van der Waals surface area contributed by atoms with Crippen LogP contribution in [0.3, 0.4) is 0 Å². The average molecular weight is 578 g/mol. The van der Waals surface area contributed by atoms with Gasteiger partial charge in [-0.1, -0.05) is 0 Å². The van der Waals surface area contributed by atoms with Crippen molar-refractivity contribution in [2.75, 3.05) is 6.61 Å². The quantitative estimate of drug-likeness (QED) is 0.239. The van der Waals surface area contributed by atoms with Crippen molar-refractivity contribution in [2.24, 2.45) is 0 Å². The zero-order valence-corrected chi connectivity index (χ0v) is 23.1. The number of rotatable bonds is 9. The molecular formula is C24H35NO15. The molecule has 16 nitrogen and oxygen atoms in total. The van der Waals surface area contributed by atoms with Crippen LogP contribution in [0.15, 0.2) is 0 Å². The van der Waals surface area contributed by atoms with Gasteiger partial charge in [-0.05, 0) is 6.92 Å². The molecule has 1 amide bonds. The third-order valence-electron chi connectivity index (χ3n) is 5.70. The molecule has 2 aliphatic heterocycles. The Morgan fingerprint density at radius 2 is 1.10 bits per heavy atom. The minimum atomic E-state index is -1.73. The summed E-state index contributed by atoms with van der Waals surface area (Å²) >= 11 is 0. The number of hydrogen-bond donors (Lipinski definition) is 2. The molecule has 2 fully saturated rings. The van der Waals surface area contributed by atoms with E-state index in [1.54, 1.807) is 0 Å².